The second kappa shape index (κ2) is 14.5. The van der Waals surface area contributed by atoms with Crippen LogP contribution in [0.5, 0.6) is 0 Å². The van der Waals surface area contributed by atoms with E-state index in [-0.39, 0.29) is 25.7 Å². The van der Waals surface area contributed by atoms with E-state index in [4.69, 9.17) is 11.5 Å². The van der Waals surface area contributed by atoms with Gasteiger partial charge in [0.15, 0.2) is 0 Å². The van der Waals surface area contributed by atoms with Gasteiger partial charge < -0.3 is 42.5 Å². The van der Waals surface area contributed by atoms with Crippen molar-refractivity contribution in [2.24, 2.45) is 17.4 Å². The van der Waals surface area contributed by atoms with Crippen molar-refractivity contribution in [2.45, 2.75) is 63.7 Å². The number of hydrogen-bond acceptors (Lipinski definition) is 6. The number of carboxylic acid groups (broad SMARTS) is 1. The number of nitrogens with one attached hydrogen (secondary N) is 5. The van der Waals surface area contributed by atoms with Gasteiger partial charge in [-0.05, 0) is 35.6 Å². The third-order valence-electron chi connectivity index (χ3n) is 7.73. The van der Waals surface area contributed by atoms with Crippen molar-refractivity contribution in [2.75, 3.05) is 0 Å². The average molecular weight is 618 g/mol. The highest BCUT2D eigenvalue weighted by Gasteiger charge is 2.32. The number of para-hydroxylation sites is 2. The minimum Gasteiger partial charge on any atom is -0.480 e. The van der Waals surface area contributed by atoms with Gasteiger partial charge in [0.05, 0.1) is 6.04 Å². The number of carbonyl (C=O) groups excluding carboxylic acids is 4. The average Bonchev–Trinajstić information content (AvgIpc) is 3.61. The summed E-state index contributed by atoms with van der Waals surface area (Å²) in [6.45, 7) is 3.33. The van der Waals surface area contributed by atoms with Crippen molar-refractivity contribution in [1.82, 2.24) is 25.9 Å². The number of hydrogen-bond donors (Lipinski definition) is 8. The lowest BCUT2D eigenvalue weighted by Crippen LogP contribution is -2.58. The number of fused-ring (bicyclic) bond motifs is 2. The summed E-state index contributed by atoms with van der Waals surface area (Å²) in [5.74, 6) is -4.27. The Bertz CT molecular complexity index is 1690. The van der Waals surface area contributed by atoms with Gasteiger partial charge in [-0.1, -0.05) is 50.2 Å². The molecule has 4 unspecified atom stereocenters. The first-order valence-corrected chi connectivity index (χ1v) is 14.7. The Balaban J connectivity index is 1.63. The van der Waals surface area contributed by atoms with Gasteiger partial charge in [0.1, 0.15) is 18.1 Å². The van der Waals surface area contributed by atoms with Crippen LogP contribution in [-0.2, 0) is 36.8 Å². The van der Waals surface area contributed by atoms with Crippen LogP contribution in [0.25, 0.3) is 21.8 Å². The van der Waals surface area contributed by atoms with Crippen LogP contribution in [0.4, 0.5) is 0 Å². The number of amides is 4. The quantitative estimate of drug-likeness (QED) is 0.0972. The maximum Gasteiger partial charge on any atom is 0.326 e. The fraction of sp³-hybridized carbons (Fsp3) is 0.344. The van der Waals surface area contributed by atoms with Gasteiger partial charge >= 0.3 is 5.97 Å². The molecule has 0 radical (unpaired) electrons. The number of benzene rings is 2. The lowest BCUT2D eigenvalue weighted by molar-refractivity contribution is -0.143. The minimum absolute atomic E-state index is 0.0139. The van der Waals surface area contributed by atoms with E-state index >= 15 is 0 Å². The predicted molar refractivity (Wildman–Crippen MR) is 169 cm³/mol. The van der Waals surface area contributed by atoms with Crippen LogP contribution in [0.1, 0.15) is 37.8 Å². The fourth-order valence-corrected chi connectivity index (χ4v) is 5.21. The Morgan fingerprint density at radius 3 is 1.69 bits per heavy atom. The van der Waals surface area contributed by atoms with Gasteiger partial charge in [-0.25, -0.2) is 4.79 Å². The van der Waals surface area contributed by atoms with Crippen LogP contribution < -0.4 is 27.4 Å². The van der Waals surface area contributed by atoms with Gasteiger partial charge in [-0.2, -0.15) is 0 Å². The molecule has 2 heterocycles. The second-order valence-corrected chi connectivity index (χ2v) is 11.4. The summed E-state index contributed by atoms with van der Waals surface area (Å²) in [4.78, 5) is 70.0. The number of aromatic nitrogens is 2. The Morgan fingerprint density at radius 1 is 0.756 bits per heavy atom. The van der Waals surface area contributed by atoms with Crippen LogP contribution in [0.2, 0.25) is 0 Å². The lowest BCUT2D eigenvalue weighted by Gasteiger charge is -2.26. The molecule has 0 bridgehead atoms. The second-order valence-electron chi connectivity index (χ2n) is 11.4. The Kier molecular flexibility index (Phi) is 10.6. The summed E-state index contributed by atoms with van der Waals surface area (Å²) in [6.07, 6.45) is 3.44. The smallest absolute Gasteiger partial charge is 0.326 e. The van der Waals surface area contributed by atoms with Crippen molar-refractivity contribution in [1.29, 1.82) is 0 Å². The van der Waals surface area contributed by atoms with Gasteiger partial charge in [0.2, 0.25) is 23.6 Å². The molecule has 4 atom stereocenters. The maximum absolute atomic E-state index is 13.9. The summed E-state index contributed by atoms with van der Waals surface area (Å²) >= 11 is 0. The van der Waals surface area contributed by atoms with Gasteiger partial charge in [-0.15, -0.1) is 0 Å². The molecular weight excluding hydrogens is 578 g/mol. The molecule has 13 nitrogen and oxygen atoms in total. The van der Waals surface area contributed by atoms with E-state index in [2.05, 4.69) is 25.9 Å². The van der Waals surface area contributed by atoms with Crippen molar-refractivity contribution >= 4 is 51.4 Å². The van der Waals surface area contributed by atoms with Crippen molar-refractivity contribution in [3.8, 4) is 0 Å². The van der Waals surface area contributed by atoms with Crippen molar-refractivity contribution in [3.05, 3.63) is 72.1 Å². The molecule has 4 rings (SSSR count). The molecule has 0 fully saturated rings. The predicted octanol–water partition coefficient (Wildman–Crippen LogP) is 1.22. The number of H-pyrrole nitrogens is 2. The van der Waals surface area contributed by atoms with Gasteiger partial charge in [-0.3, -0.25) is 19.2 Å². The van der Waals surface area contributed by atoms with Crippen molar-refractivity contribution < 1.29 is 29.1 Å². The lowest BCUT2D eigenvalue weighted by atomic mass is 10.00. The Hall–Kier alpha value is -5.17. The standard InChI is InChI=1S/C32H39N7O6/c1-17(2)28(32(44)45)39-31(43)26(14-19-16-36-24-10-6-4-8-21(19)24)38-30(42)25(37-29(41)22(33)11-12-27(34)40)13-18-15-35-23-9-5-3-7-20(18)23/h3-10,15-17,22,25-26,28,35-36H,11-14,33H2,1-2H3,(H2,34,40)(H,37,41)(H,38,42)(H,39,43)(H,44,45). The van der Waals surface area contributed by atoms with Crippen LogP contribution >= 0.6 is 0 Å². The van der Waals surface area contributed by atoms with E-state index < -0.39 is 59.7 Å². The normalized spacial score (nSPS) is 14.0. The molecule has 13 heteroatoms. The van der Waals surface area contributed by atoms with E-state index in [0.717, 1.165) is 32.9 Å². The number of aliphatic carboxylic acids is 1. The zero-order valence-electron chi connectivity index (χ0n) is 25.1. The molecule has 4 aromatic rings. The van der Waals surface area contributed by atoms with Crippen LogP contribution in [0.3, 0.4) is 0 Å². The highest BCUT2D eigenvalue weighted by Crippen LogP contribution is 2.21. The summed E-state index contributed by atoms with van der Waals surface area (Å²) in [7, 11) is 0. The highest BCUT2D eigenvalue weighted by atomic mass is 16.4. The number of carboxylic acids is 1. The van der Waals surface area contributed by atoms with E-state index in [1.54, 1.807) is 26.2 Å². The Morgan fingerprint density at radius 2 is 1.22 bits per heavy atom. The van der Waals surface area contributed by atoms with E-state index in [0.29, 0.717) is 0 Å². The molecule has 45 heavy (non-hydrogen) atoms. The fourth-order valence-electron chi connectivity index (χ4n) is 5.21. The maximum atomic E-state index is 13.9. The zero-order valence-corrected chi connectivity index (χ0v) is 25.1. The van der Waals surface area contributed by atoms with E-state index in [9.17, 15) is 29.1 Å². The molecule has 2 aromatic heterocycles. The molecule has 10 N–H and O–H groups in total. The topological polar surface area (TPSA) is 225 Å². The minimum atomic E-state index is -1.20. The molecule has 0 saturated carbocycles. The van der Waals surface area contributed by atoms with Gasteiger partial charge in [0, 0.05) is 53.5 Å². The van der Waals surface area contributed by atoms with Crippen LogP contribution in [0, 0.1) is 5.92 Å². The van der Waals surface area contributed by atoms with Gasteiger partial charge in [0.25, 0.3) is 0 Å². The summed E-state index contributed by atoms with van der Waals surface area (Å²) in [6, 6.07) is 10.3. The first-order valence-electron chi connectivity index (χ1n) is 14.7. The third-order valence-corrected chi connectivity index (χ3v) is 7.73. The highest BCUT2D eigenvalue weighted by molar-refractivity contribution is 5.95. The summed E-state index contributed by atoms with van der Waals surface area (Å²) < 4.78 is 0. The first-order chi connectivity index (χ1) is 21.4. The van der Waals surface area contributed by atoms with Crippen LogP contribution in [-0.4, -0.2) is 68.8 Å². The monoisotopic (exact) mass is 617 g/mol. The molecule has 238 valence electrons. The molecule has 2 aromatic carbocycles. The molecule has 4 amide bonds. The zero-order chi connectivity index (χ0) is 32.7. The number of nitrogens with two attached hydrogens (primary N) is 2. The number of primary amides is 1. The molecule has 0 aliphatic rings. The SMILES string of the molecule is CC(C)C(NC(=O)C(Cc1c[nH]c2ccccc12)NC(=O)C(Cc1c[nH]c2ccccc12)NC(=O)C(N)CCC(N)=O)C(=O)O. The molecule has 0 aliphatic carbocycles. The summed E-state index contributed by atoms with van der Waals surface area (Å²) in [5.41, 5.74) is 14.3. The first kappa shape index (κ1) is 32.7. The molecular formula is C32H39N7O6. The molecule has 0 saturated heterocycles. The molecule has 0 aliphatic heterocycles. The largest absolute Gasteiger partial charge is 0.480 e. The van der Waals surface area contributed by atoms with E-state index in [1.807, 2.05) is 48.5 Å². The molecule has 0 spiro atoms. The number of rotatable bonds is 15. The van der Waals surface area contributed by atoms with Crippen molar-refractivity contribution in [3.63, 3.8) is 0 Å². The third kappa shape index (κ3) is 8.26. The number of carbonyl (C=O) groups is 5. The van der Waals surface area contributed by atoms with Crippen LogP contribution in [0.15, 0.2) is 60.9 Å². The Labute approximate surface area is 259 Å². The summed E-state index contributed by atoms with van der Waals surface area (Å²) in [5, 5.41) is 19.4. The number of aromatic amines is 2. The van der Waals surface area contributed by atoms with E-state index in [1.165, 1.54) is 0 Å².